The van der Waals surface area contributed by atoms with E-state index in [4.69, 9.17) is 18.9 Å². The molecule has 0 bridgehead atoms. The van der Waals surface area contributed by atoms with Crippen LogP contribution in [0.4, 0.5) is 0 Å². The van der Waals surface area contributed by atoms with E-state index in [0.29, 0.717) is 12.8 Å². The van der Waals surface area contributed by atoms with E-state index in [1.807, 2.05) is 6.08 Å². The maximum Gasteiger partial charge on any atom is 0.220 e. The van der Waals surface area contributed by atoms with Gasteiger partial charge in [0.25, 0.3) is 0 Å². The lowest BCUT2D eigenvalue weighted by Gasteiger charge is -2.46. The lowest BCUT2D eigenvalue weighted by Crippen LogP contribution is -2.65. The summed E-state index contributed by atoms with van der Waals surface area (Å²) in [6.45, 7) is 2.63. The number of nitrogens with one attached hydrogen (secondary N) is 1. The molecule has 86 heavy (non-hydrogen) atoms. The third-order valence-corrected chi connectivity index (χ3v) is 15.0. The van der Waals surface area contributed by atoms with E-state index < -0.39 is 86.8 Å². The summed E-state index contributed by atoms with van der Waals surface area (Å²) >= 11 is 0. The van der Waals surface area contributed by atoms with Crippen LogP contribution in [0, 0.1) is 0 Å². The van der Waals surface area contributed by atoms with Gasteiger partial charge in [0.05, 0.1) is 32.0 Å². The van der Waals surface area contributed by atoms with Crippen molar-refractivity contribution in [3.63, 3.8) is 0 Å². The minimum absolute atomic E-state index is 0.246. The molecule has 0 radical (unpaired) electrons. The number of unbranched alkanes of at least 4 members (excludes halogenated alkanes) is 16. The van der Waals surface area contributed by atoms with Crippen LogP contribution in [0.15, 0.2) is 146 Å². The third-order valence-electron chi connectivity index (χ3n) is 15.0. The van der Waals surface area contributed by atoms with E-state index >= 15 is 0 Å². The molecule has 2 heterocycles. The van der Waals surface area contributed by atoms with Crippen LogP contribution in [0.5, 0.6) is 0 Å². The highest BCUT2D eigenvalue weighted by molar-refractivity contribution is 5.76. The SMILES string of the molecule is CC/C=C\C/C=C\C/C=C\C/C=C\C/C=C\C/C=C\C/C=C\C/C=C\C/C=C\C/C=C\CCCCCCCCC(=O)NC(COC1OC(CO)C(OC2OC(CO)C(O)C(O)C2O)C(O)C1O)C(O)/C=C/CC/C=C/CCCCCCCCCCC. The highest BCUT2D eigenvalue weighted by Crippen LogP contribution is 2.30. The second kappa shape index (κ2) is 55.0. The van der Waals surface area contributed by atoms with Gasteiger partial charge in [-0.25, -0.2) is 0 Å². The van der Waals surface area contributed by atoms with Gasteiger partial charge in [0.15, 0.2) is 12.6 Å². The third kappa shape index (κ3) is 39.0. The molecule has 488 valence electrons. The Labute approximate surface area is 519 Å². The van der Waals surface area contributed by atoms with Crippen molar-refractivity contribution in [3.05, 3.63) is 146 Å². The fourth-order valence-electron chi connectivity index (χ4n) is 9.75. The fraction of sp³-hybridized carbons (Fsp3) is 0.653. The molecule has 2 aliphatic rings. The number of aliphatic hydroxyl groups is 8. The first-order chi connectivity index (χ1) is 42.1. The standard InChI is InChI=1S/C72H117NO13/c1-3-5-7-9-11-13-15-17-19-20-21-22-23-24-25-26-27-28-29-30-31-32-33-34-35-36-37-38-39-40-42-44-46-48-50-52-54-56-64(77)73-60(61(76)55-53-51-49-47-45-43-41-18-16-14-12-10-8-6-4-2)59-83-71-69(82)67(80)70(63(58-75)85-71)86-72-68(81)66(79)65(78)62(57-74)84-72/h5,7,11,13,17,19,21-22,24-25,27-28,30-31,33-34,36-37,39-40,45,47,53,55,60-63,65-72,74-76,78-82H,3-4,6,8-10,12,14-16,18,20,23,26,29,32,35,38,41-44,46,48-52,54,56-59H2,1-2H3,(H,73,77)/b7-5-,13-11-,19-17-,22-21-,25-24-,28-27-,31-30-,34-33-,37-36-,40-39-,47-45+,55-53+. The summed E-state index contributed by atoms with van der Waals surface area (Å²) in [5, 5.41) is 87.1. The van der Waals surface area contributed by atoms with Crippen molar-refractivity contribution in [3.8, 4) is 0 Å². The predicted octanol–water partition coefficient (Wildman–Crippen LogP) is 12.9. The Kier molecular flexibility index (Phi) is 49.8. The van der Waals surface area contributed by atoms with Crippen LogP contribution in [0.3, 0.4) is 0 Å². The molecule has 14 heteroatoms. The van der Waals surface area contributed by atoms with Crippen molar-refractivity contribution in [1.29, 1.82) is 0 Å². The van der Waals surface area contributed by atoms with Crippen molar-refractivity contribution >= 4 is 5.91 Å². The molecule has 2 rings (SSSR count). The summed E-state index contributed by atoms with van der Waals surface area (Å²) in [4.78, 5) is 13.3. The normalized spacial score (nSPS) is 24.4. The van der Waals surface area contributed by atoms with Gasteiger partial charge in [0.1, 0.15) is 48.8 Å². The Balaban J connectivity index is 1.68. The summed E-state index contributed by atoms with van der Waals surface area (Å²) in [5.74, 6) is -0.271. The molecule has 0 spiro atoms. The van der Waals surface area contributed by atoms with Gasteiger partial charge in [-0.15, -0.1) is 0 Å². The van der Waals surface area contributed by atoms with Gasteiger partial charge in [0.2, 0.25) is 5.91 Å². The van der Waals surface area contributed by atoms with Crippen molar-refractivity contribution < 1.29 is 64.6 Å². The first kappa shape index (κ1) is 78.0. The number of amides is 1. The van der Waals surface area contributed by atoms with Gasteiger partial charge in [-0.05, 0) is 109 Å². The van der Waals surface area contributed by atoms with Gasteiger partial charge in [-0.1, -0.05) is 237 Å². The Morgan fingerprint density at radius 3 is 1.28 bits per heavy atom. The first-order valence-electron chi connectivity index (χ1n) is 33.1. The van der Waals surface area contributed by atoms with E-state index in [-0.39, 0.29) is 18.9 Å². The first-order valence-corrected chi connectivity index (χ1v) is 33.1. The molecule has 12 atom stereocenters. The van der Waals surface area contributed by atoms with Crippen LogP contribution < -0.4 is 5.32 Å². The van der Waals surface area contributed by atoms with Gasteiger partial charge >= 0.3 is 0 Å². The topological polar surface area (TPSA) is 228 Å². The van der Waals surface area contributed by atoms with Gasteiger partial charge < -0.3 is 65.1 Å². The molecule has 0 aromatic carbocycles. The smallest absolute Gasteiger partial charge is 0.220 e. The second-order valence-electron chi connectivity index (χ2n) is 22.5. The predicted molar refractivity (Wildman–Crippen MR) is 350 cm³/mol. The monoisotopic (exact) mass is 1200 g/mol. The zero-order valence-electron chi connectivity index (χ0n) is 52.7. The van der Waals surface area contributed by atoms with Crippen molar-refractivity contribution in [2.24, 2.45) is 0 Å². The largest absolute Gasteiger partial charge is 0.394 e. The molecule has 1 amide bonds. The number of ether oxygens (including phenoxy) is 4. The summed E-state index contributed by atoms with van der Waals surface area (Å²) in [7, 11) is 0. The molecular formula is C72H117NO13. The fourth-order valence-corrected chi connectivity index (χ4v) is 9.75. The summed E-state index contributed by atoms with van der Waals surface area (Å²) in [5.41, 5.74) is 0. The number of carbonyl (C=O) groups is 1. The molecule has 0 aliphatic carbocycles. The molecule has 2 aliphatic heterocycles. The van der Waals surface area contributed by atoms with Crippen LogP contribution >= 0.6 is 0 Å². The number of rotatable bonds is 51. The molecule has 2 saturated heterocycles. The number of carbonyl (C=O) groups excluding carboxylic acids is 1. The van der Waals surface area contributed by atoms with Crippen LogP contribution in [0.2, 0.25) is 0 Å². The van der Waals surface area contributed by atoms with E-state index in [9.17, 15) is 45.6 Å². The number of hydrogen-bond acceptors (Lipinski definition) is 13. The summed E-state index contributed by atoms with van der Waals surface area (Å²) in [6, 6.07) is -0.950. The molecular weight excluding hydrogens is 1090 g/mol. The molecule has 0 aromatic heterocycles. The molecule has 0 aromatic rings. The average molecular weight is 1200 g/mol. The van der Waals surface area contributed by atoms with E-state index in [1.165, 1.54) is 57.8 Å². The van der Waals surface area contributed by atoms with Gasteiger partial charge in [-0.2, -0.15) is 0 Å². The van der Waals surface area contributed by atoms with Crippen LogP contribution in [-0.4, -0.2) is 140 Å². The zero-order valence-corrected chi connectivity index (χ0v) is 52.7. The van der Waals surface area contributed by atoms with Gasteiger partial charge in [-0.3, -0.25) is 4.79 Å². The molecule has 0 saturated carbocycles. The second-order valence-corrected chi connectivity index (χ2v) is 22.5. The highest BCUT2D eigenvalue weighted by atomic mass is 16.7. The molecule has 2 fully saturated rings. The quantitative estimate of drug-likeness (QED) is 0.0204. The Morgan fingerprint density at radius 1 is 0.430 bits per heavy atom. The maximum absolute atomic E-state index is 13.3. The Bertz CT molecular complexity index is 2000. The number of aliphatic hydroxyl groups excluding tert-OH is 8. The van der Waals surface area contributed by atoms with E-state index in [1.54, 1.807) is 6.08 Å². The summed E-state index contributed by atoms with van der Waals surface area (Å²) in [6.07, 6.45) is 66.1. The Morgan fingerprint density at radius 2 is 0.814 bits per heavy atom. The minimum atomic E-state index is -1.80. The van der Waals surface area contributed by atoms with E-state index in [2.05, 4.69) is 153 Å². The lowest BCUT2D eigenvalue weighted by molar-refractivity contribution is -0.359. The number of allylic oxidation sites excluding steroid dienone is 23. The summed E-state index contributed by atoms with van der Waals surface area (Å²) < 4.78 is 22.8. The zero-order chi connectivity index (χ0) is 62.3. The van der Waals surface area contributed by atoms with Crippen molar-refractivity contribution in [2.45, 2.75) is 280 Å². The number of hydrogen-bond donors (Lipinski definition) is 9. The molecule has 14 nitrogen and oxygen atoms in total. The highest BCUT2D eigenvalue weighted by Gasteiger charge is 2.51. The van der Waals surface area contributed by atoms with Crippen molar-refractivity contribution in [2.75, 3.05) is 19.8 Å². The average Bonchev–Trinajstić information content (AvgIpc) is 1.83. The maximum atomic E-state index is 13.3. The van der Waals surface area contributed by atoms with Crippen LogP contribution in [0.1, 0.15) is 206 Å². The van der Waals surface area contributed by atoms with E-state index in [0.717, 1.165) is 116 Å². The molecule has 9 N–H and O–H groups in total. The molecule has 12 unspecified atom stereocenters. The van der Waals surface area contributed by atoms with Crippen LogP contribution in [-0.2, 0) is 23.7 Å². The van der Waals surface area contributed by atoms with Gasteiger partial charge in [0, 0.05) is 6.42 Å². The minimum Gasteiger partial charge on any atom is -0.394 e. The van der Waals surface area contributed by atoms with Crippen LogP contribution in [0.25, 0.3) is 0 Å². The van der Waals surface area contributed by atoms with Crippen molar-refractivity contribution in [1.82, 2.24) is 5.32 Å². The lowest BCUT2D eigenvalue weighted by atomic mass is 9.97. The Hall–Kier alpha value is -4.13.